The lowest BCUT2D eigenvalue weighted by molar-refractivity contribution is -0.117. The zero-order valence-corrected chi connectivity index (χ0v) is 20.3. The molecule has 2 N–H and O–H groups in total. The minimum absolute atomic E-state index is 0.229. The zero-order chi connectivity index (χ0) is 23.1. The highest BCUT2D eigenvalue weighted by atomic mass is 32.2. The van der Waals surface area contributed by atoms with E-state index in [1.54, 1.807) is 20.0 Å². The van der Waals surface area contributed by atoms with Gasteiger partial charge >= 0.3 is 0 Å². The predicted molar refractivity (Wildman–Crippen MR) is 123 cm³/mol. The van der Waals surface area contributed by atoms with E-state index < -0.39 is 22.0 Å². The number of carbonyl (C=O) groups is 1. The van der Waals surface area contributed by atoms with Gasteiger partial charge in [-0.2, -0.15) is 4.72 Å². The molecule has 3 rings (SSSR count). The lowest BCUT2D eigenvalue weighted by atomic mass is 10.0. The summed E-state index contributed by atoms with van der Waals surface area (Å²) in [5.74, 6) is 0.272. The summed E-state index contributed by atoms with van der Waals surface area (Å²) in [5, 5.41) is 3.11. The number of thiazole rings is 1. The first kappa shape index (κ1) is 23.1. The summed E-state index contributed by atoms with van der Waals surface area (Å²) in [6.45, 7) is 10.7. The fourth-order valence-corrected chi connectivity index (χ4v) is 6.21. The molecule has 0 saturated carbocycles. The highest BCUT2D eigenvalue weighted by molar-refractivity contribution is 7.89. The Balaban J connectivity index is 1.80. The second-order valence-corrected chi connectivity index (χ2v) is 10.4. The summed E-state index contributed by atoms with van der Waals surface area (Å²) in [6, 6.07) is 0.981. The van der Waals surface area contributed by atoms with E-state index in [0.717, 1.165) is 27.5 Å². The SMILES string of the molecule is Cc1cc(C)c(C)c(S(=O)(=O)N[C@H](C)C(=O)Nc2nc(C)c(-c3nccn3C)s2)c1C. The number of hydrogen-bond acceptors (Lipinski definition) is 6. The van der Waals surface area contributed by atoms with Crippen molar-refractivity contribution in [2.45, 2.75) is 52.5 Å². The van der Waals surface area contributed by atoms with E-state index in [-0.39, 0.29) is 4.90 Å². The molecule has 3 aromatic rings. The molecule has 1 atom stereocenters. The number of anilines is 1. The molecule has 1 aromatic carbocycles. The van der Waals surface area contributed by atoms with E-state index in [4.69, 9.17) is 0 Å². The van der Waals surface area contributed by atoms with Crippen molar-refractivity contribution < 1.29 is 13.2 Å². The molecule has 10 heteroatoms. The van der Waals surface area contributed by atoms with Crippen molar-refractivity contribution in [3.63, 3.8) is 0 Å². The van der Waals surface area contributed by atoms with Gasteiger partial charge in [-0.15, -0.1) is 0 Å². The van der Waals surface area contributed by atoms with Crippen molar-refractivity contribution in [3.8, 4) is 10.7 Å². The number of carbonyl (C=O) groups excluding carboxylic acids is 1. The number of benzene rings is 1. The normalized spacial score (nSPS) is 12.7. The second-order valence-electron chi connectivity index (χ2n) is 7.72. The Morgan fingerprint density at radius 2 is 1.74 bits per heavy atom. The first-order chi connectivity index (χ1) is 14.4. The number of imidazole rings is 1. The third-order valence-corrected chi connectivity index (χ3v) is 8.22. The maximum absolute atomic E-state index is 13.1. The van der Waals surface area contributed by atoms with Crippen LogP contribution >= 0.6 is 11.3 Å². The largest absolute Gasteiger partial charge is 0.333 e. The van der Waals surface area contributed by atoms with Crippen LogP contribution in [0.2, 0.25) is 0 Å². The quantitative estimate of drug-likeness (QED) is 0.585. The van der Waals surface area contributed by atoms with Crippen LogP contribution in [0.5, 0.6) is 0 Å². The van der Waals surface area contributed by atoms with Gasteiger partial charge in [0, 0.05) is 19.4 Å². The van der Waals surface area contributed by atoms with Crippen molar-refractivity contribution in [3.05, 3.63) is 46.4 Å². The summed E-state index contributed by atoms with van der Waals surface area (Å²) < 4.78 is 30.5. The summed E-state index contributed by atoms with van der Waals surface area (Å²) in [6.07, 6.45) is 3.53. The van der Waals surface area contributed by atoms with Crippen LogP contribution in [-0.2, 0) is 21.9 Å². The first-order valence-electron chi connectivity index (χ1n) is 9.78. The van der Waals surface area contributed by atoms with Gasteiger partial charge in [0.2, 0.25) is 15.9 Å². The highest BCUT2D eigenvalue weighted by Gasteiger charge is 2.27. The van der Waals surface area contributed by atoms with Gasteiger partial charge < -0.3 is 9.88 Å². The van der Waals surface area contributed by atoms with Crippen molar-refractivity contribution in [1.29, 1.82) is 0 Å². The minimum atomic E-state index is -3.89. The molecule has 2 aromatic heterocycles. The Bertz CT molecular complexity index is 1230. The molecular formula is C21H27N5O3S2. The van der Waals surface area contributed by atoms with E-state index >= 15 is 0 Å². The van der Waals surface area contributed by atoms with Crippen molar-refractivity contribution in [2.75, 3.05) is 5.32 Å². The van der Waals surface area contributed by atoms with Gasteiger partial charge in [-0.1, -0.05) is 17.4 Å². The Kier molecular flexibility index (Phi) is 6.35. The lowest BCUT2D eigenvalue weighted by Crippen LogP contribution is -2.42. The van der Waals surface area contributed by atoms with Crippen LogP contribution in [-0.4, -0.2) is 34.9 Å². The van der Waals surface area contributed by atoms with Gasteiger partial charge in [-0.05, 0) is 63.8 Å². The fourth-order valence-electron chi connectivity index (χ4n) is 3.38. The van der Waals surface area contributed by atoms with E-state index in [1.807, 2.05) is 44.6 Å². The summed E-state index contributed by atoms with van der Waals surface area (Å²) >= 11 is 1.30. The first-order valence-corrected chi connectivity index (χ1v) is 12.1. The third kappa shape index (κ3) is 4.56. The molecule has 0 aliphatic rings. The van der Waals surface area contributed by atoms with Gasteiger partial charge in [0.15, 0.2) is 11.0 Å². The molecular weight excluding hydrogens is 434 g/mol. The molecule has 1 amide bonds. The molecule has 8 nitrogen and oxygen atoms in total. The van der Waals surface area contributed by atoms with Gasteiger partial charge in [-0.3, -0.25) is 4.79 Å². The molecule has 0 fully saturated rings. The monoisotopic (exact) mass is 461 g/mol. The molecule has 0 spiro atoms. The topological polar surface area (TPSA) is 106 Å². The molecule has 0 aliphatic heterocycles. The number of nitrogens with zero attached hydrogens (tertiary/aromatic N) is 3. The average Bonchev–Trinajstić information content (AvgIpc) is 3.24. The number of aryl methyl sites for hydroxylation is 4. The Morgan fingerprint density at radius 1 is 1.13 bits per heavy atom. The van der Waals surface area contributed by atoms with Crippen LogP contribution < -0.4 is 10.0 Å². The number of hydrogen-bond donors (Lipinski definition) is 2. The van der Waals surface area contributed by atoms with E-state index in [2.05, 4.69) is 20.0 Å². The third-order valence-electron chi connectivity index (χ3n) is 5.34. The van der Waals surface area contributed by atoms with Crippen LogP contribution in [0.3, 0.4) is 0 Å². The number of nitrogens with one attached hydrogen (secondary N) is 2. The molecule has 166 valence electrons. The van der Waals surface area contributed by atoms with Gasteiger partial charge in [0.1, 0.15) is 0 Å². The number of rotatable bonds is 6. The van der Waals surface area contributed by atoms with Crippen LogP contribution in [0.4, 0.5) is 5.13 Å². The van der Waals surface area contributed by atoms with Crippen molar-refractivity contribution in [1.82, 2.24) is 19.3 Å². The maximum atomic E-state index is 13.1. The second kappa shape index (κ2) is 8.52. The zero-order valence-electron chi connectivity index (χ0n) is 18.7. The van der Waals surface area contributed by atoms with E-state index in [0.29, 0.717) is 16.3 Å². The standard InChI is InChI=1S/C21H27N5O3S2/c1-11-10-12(2)14(4)18(13(11)3)31(28,29)25-16(6)20(27)24-21-23-15(5)17(30-21)19-22-8-9-26(19)7/h8-10,16,25H,1-7H3,(H,23,24,27)/t16-/m1/s1. The summed E-state index contributed by atoms with van der Waals surface area (Å²) in [4.78, 5) is 22.5. The molecule has 2 heterocycles. The Hall–Kier alpha value is -2.56. The van der Waals surface area contributed by atoms with Crippen LogP contribution in [0.25, 0.3) is 10.7 Å². The average molecular weight is 462 g/mol. The van der Waals surface area contributed by atoms with Gasteiger partial charge in [0.25, 0.3) is 0 Å². The maximum Gasteiger partial charge on any atom is 0.244 e. The Labute approximate surface area is 186 Å². The molecule has 0 bridgehead atoms. The number of amides is 1. The smallest absolute Gasteiger partial charge is 0.244 e. The van der Waals surface area contributed by atoms with Crippen LogP contribution in [0.15, 0.2) is 23.4 Å². The summed E-state index contributed by atoms with van der Waals surface area (Å²) in [5.41, 5.74) is 3.88. The fraction of sp³-hybridized carbons (Fsp3) is 0.381. The predicted octanol–water partition coefficient (Wildman–Crippen LogP) is 3.39. The molecule has 31 heavy (non-hydrogen) atoms. The number of sulfonamides is 1. The van der Waals surface area contributed by atoms with Crippen molar-refractivity contribution in [2.24, 2.45) is 7.05 Å². The highest BCUT2D eigenvalue weighted by Crippen LogP contribution is 2.31. The molecule has 0 unspecified atom stereocenters. The van der Waals surface area contributed by atoms with Crippen LogP contribution in [0.1, 0.15) is 34.9 Å². The number of aromatic nitrogens is 3. The van der Waals surface area contributed by atoms with Crippen LogP contribution in [0, 0.1) is 34.6 Å². The van der Waals surface area contributed by atoms with Crippen molar-refractivity contribution >= 4 is 32.4 Å². The summed E-state index contributed by atoms with van der Waals surface area (Å²) in [7, 11) is -2.01. The molecule has 0 saturated heterocycles. The lowest BCUT2D eigenvalue weighted by Gasteiger charge is -2.18. The molecule has 0 radical (unpaired) electrons. The van der Waals surface area contributed by atoms with E-state index in [9.17, 15) is 13.2 Å². The Morgan fingerprint density at radius 3 is 2.29 bits per heavy atom. The van der Waals surface area contributed by atoms with Gasteiger partial charge in [-0.25, -0.2) is 18.4 Å². The van der Waals surface area contributed by atoms with E-state index in [1.165, 1.54) is 18.3 Å². The van der Waals surface area contributed by atoms with Gasteiger partial charge in [0.05, 0.1) is 21.5 Å². The minimum Gasteiger partial charge on any atom is -0.333 e. The molecule has 0 aliphatic carbocycles.